The molecule has 1 aromatic heterocycles. The topological polar surface area (TPSA) is 77.2 Å². The van der Waals surface area contributed by atoms with E-state index in [0.717, 1.165) is 24.2 Å². The van der Waals surface area contributed by atoms with Gasteiger partial charge in [-0.1, -0.05) is 12.1 Å². The largest absolute Gasteiger partial charge is 0.456 e. The lowest BCUT2D eigenvalue weighted by atomic mass is 10.00. The minimum atomic E-state index is -0.691. The molecule has 0 saturated heterocycles. The van der Waals surface area contributed by atoms with Crippen molar-refractivity contribution in [2.24, 2.45) is 0 Å². The summed E-state index contributed by atoms with van der Waals surface area (Å²) in [5, 5.41) is 3.23. The van der Waals surface area contributed by atoms with E-state index in [-0.39, 0.29) is 5.56 Å². The van der Waals surface area contributed by atoms with Gasteiger partial charge in [-0.25, -0.2) is 14.2 Å². The van der Waals surface area contributed by atoms with Gasteiger partial charge < -0.3 is 15.8 Å². The van der Waals surface area contributed by atoms with Gasteiger partial charge in [0.25, 0.3) is 0 Å². The van der Waals surface area contributed by atoms with E-state index in [2.05, 4.69) is 16.4 Å². The summed E-state index contributed by atoms with van der Waals surface area (Å²) >= 11 is 0. The molecule has 2 aromatic rings. The highest BCUT2D eigenvalue weighted by atomic mass is 19.1. The second-order valence-electron chi connectivity index (χ2n) is 7.21. The molecule has 6 heteroatoms. The van der Waals surface area contributed by atoms with Gasteiger partial charge in [0.05, 0.1) is 5.56 Å². The van der Waals surface area contributed by atoms with Crippen molar-refractivity contribution < 1.29 is 13.9 Å². The second-order valence-corrected chi connectivity index (χ2v) is 7.21. The molecule has 2 heterocycles. The van der Waals surface area contributed by atoms with Gasteiger partial charge in [0, 0.05) is 24.8 Å². The Bertz CT molecular complexity index is 885. The van der Waals surface area contributed by atoms with Gasteiger partial charge in [-0.15, -0.1) is 0 Å². The van der Waals surface area contributed by atoms with E-state index in [4.69, 9.17) is 10.5 Å². The molecule has 0 saturated carbocycles. The van der Waals surface area contributed by atoms with Crippen LogP contribution < -0.4 is 11.1 Å². The maximum Gasteiger partial charge on any atom is 0.341 e. The van der Waals surface area contributed by atoms with Crippen LogP contribution >= 0.6 is 0 Å². The number of hydrogen-bond donors (Lipinski definition) is 2. The standard InChI is InChI=1S/C20H22FN3O2/c1-20(2,3)26-19(25)15-5-4-12(9-17(15)21)16-8-14(11-24-18(16)22)13-6-7-23-10-13/h4-6,8-9,11,23H,7,10H2,1-3H3,(H2,22,24). The van der Waals surface area contributed by atoms with E-state index < -0.39 is 17.4 Å². The van der Waals surface area contributed by atoms with Crippen molar-refractivity contribution in [1.82, 2.24) is 10.3 Å². The lowest BCUT2D eigenvalue weighted by Gasteiger charge is -2.19. The number of nitrogens with zero attached hydrogens (tertiary/aromatic N) is 1. The predicted octanol–water partition coefficient (Wildman–Crippen LogP) is 3.41. The molecule has 0 atom stereocenters. The molecule has 3 rings (SSSR count). The van der Waals surface area contributed by atoms with E-state index in [1.165, 1.54) is 12.1 Å². The first-order valence-corrected chi connectivity index (χ1v) is 8.43. The van der Waals surface area contributed by atoms with Crippen LogP contribution in [0.1, 0.15) is 36.7 Å². The summed E-state index contributed by atoms with van der Waals surface area (Å²) in [6, 6.07) is 6.25. The average Bonchev–Trinajstić information content (AvgIpc) is 3.08. The molecule has 3 N–H and O–H groups in total. The zero-order chi connectivity index (χ0) is 18.9. The van der Waals surface area contributed by atoms with Crippen LogP contribution in [0.5, 0.6) is 0 Å². The Labute approximate surface area is 152 Å². The first kappa shape index (κ1) is 18.1. The third-order valence-electron chi connectivity index (χ3n) is 4.00. The molecule has 0 amide bonds. The third-order valence-corrected chi connectivity index (χ3v) is 4.00. The Morgan fingerprint density at radius 1 is 1.27 bits per heavy atom. The summed E-state index contributed by atoms with van der Waals surface area (Å²) in [6.45, 7) is 6.79. The molecule has 0 unspecified atom stereocenters. The van der Waals surface area contributed by atoms with Crippen molar-refractivity contribution in [2.45, 2.75) is 26.4 Å². The molecule has 1 aliphatic heterocycles. The molecule has 5 nitrogen and oxygen atoms in total. The number of aromatic nitrogens is 1. The fraction of sp³-hybridized carbons (Fsp3) is 0.300. The van der Waals surface area contributed by atoms with Gasteiger partial charge in [-0.05, 0) is 55.7 Å². The average molecular weight is 355 g/mol. The fourth-order valence-electron chi connectivity index (χ4n) is 2.76. The van der Waals surface area contributed by atoms with Crippen LogP contribution in [0.25, 0.3) is 16.7 Å². The minimum Gasteiger partial charge on any atom is -0.456 e. The van der Waals surface area contributed by atoms with Crippen LogP contribution in [0.2, 0.25) is 0 Å². The number of anilines is 1. The van der Waals surface area contributed by atoms with E-state index >= 15 is 0 Å². The maximum absolute atomic E-state index is 14.5. The van der Waals surface area contributed by atoms with Gasteiger partial charge in [-0.3, -0.25) is 0 Å². The van der Waals surface area contributed by atoms with Crippen LogP contribution in [0.3, 0.4) is 0 Å². The van der Waals surface area contributed by atoms with E-state index in [1.54, 1.807) is 33.0 Å². The van der Waals surface area contributed by atoms with Crippen LogP contribution in [-0.2, 0) is 4.74 Å². The normalized spacial score (nSPS) is 14.2. The summed E-state index contributed by atoms with van der Waals surface area (Å²) < 4.78 is 19.7. The van der Waals surface area contributed by atoms with Crippen LogP contribution in [0.4, 0.5) is 10.2 Å². The number of carbonyl (C=O) groups excluding carboxylic acids is 1. The molecule has 26 heavy (non-hydrogen) atoms. The summed E-state index contributed by atoms with van der Waals surface area (Å²) in [7, 11) is 0. The van der Waals surface area contributed by atoms with Crippen molar-refractivity contribution in [1.29, 1.82) is 0 Å². The Kier molecular flexibility index (Phi) is 4.78. The van der Waals surface area contributed by atoms with Crippen LogP contribution in [0, 0.1) is 5.82 Å². The lowest BCUT2D eigenvalue weighted by molar-refractivity contribution is 0.00648. The SMILES string of the molecule is CC(C)(C)OC(=O)c1ccc(-c2cc(C3=CCNC3)cnc2N)cc1F. The first-order chi connectivity index (χ1) is 12.2. The van der Waals surface area contributed by atoms with Crippen LogP contribution in [-0.4, -0.2) is 29.6 Å². The molecule has 0 fully saturated rings. The number of halogens is 1. The summed E-state index contributed by atoms with van der Waals surface area (Å²) in [6.07, 6.45) is 3.80. The molecule has 1 aromatic carbocycles. The van der Waals surface area contributed by atoms with Gasteiger partial charge in [-0.2, -0.15) is 0 Å². The van der Waals surface area contributed by atoms with Crippen molar-refractivity contribution in [2.75, 3.05) is 18.8 Å². The molecule has 0 bridgehead atoms. The highest BCUT2D eigenvalue weighted by molar-refractivity contribution is 5.91. The molecule has 0 spiro atoms. The summed E-state index contributed by atoms with van der Waals surface area (Å²) in [5.41, 5.74) is 8.46. The van der Waals surface area contributed by atoms with Crippen molar-refractivity contribution in [3.63, 3.8) is 0 Å². The van der Waals surface area contributed by atoms with Gasteiger partial charge in [0.1, 0.15) is 17.2 Å². The summed E-state index contributed by atoms with van der Waals surface area (Å²) in [4.78, 5) is 16.3. The Hall–Kier alpha value is -2.73. The number of pyridine rings is 1. The highest BCUT2D eigenvalue weighted by Gasteiger charge is 2.21. The number of ether oxygens (including phenoxy) is 1. The van der Waals surface area contributed by atoms with E-state index in [1.807, 2.05) is 6.07 Å². The second kappa shape index (κ2) is 6.88. The fourth-order valence-corrected chi connectivity index (χ4v) is 2.76. The third kappa shape index (κ3) is 3.91. The lowest BCUT2D eigenvalue weighted by Crippen LogP contribution is -2.24. The van der Waals surface area contributed by atoms with Crippen molar-refractivity contribution >= 4 is 17.4 Å². The van der Waals surface area contributed by atoms with Crippen LogP contribution in [0.15, 0.2) is 36.5 Å². The van der Waals surface area contributed by atoms with Gasteiger partial charge >= 0.3 is 5.97 Å². The zero-order valence-corrected chi connectivity index (χ0v) is 15.1. The molecule has 136 valence electrons. The monoisotopic (exact) mass is 355 g/mol. The quantitative estimate of drug-likeness (QED) is 0.825. The van der Waals surface area contributed by atoms with Crippen molar-refractivity contribution in [3.05, 3.63) is 53.5 Å². The Morgan fingerprint density at radius 2 is 2.04 bits per heavy atom. The predicted molar refractivity (Wildman–Crippen MR) is 100 cm³/mol. The number of nitrogens with one attached hydrogen (secondary N) is 1. The minimum absolute atomic E-state index is 0.103. The highest BCUT2D eigenvalue weighted by Crippen LogP contribution is 2.30. The number of carbonyl (C=O) groups is 1. The zero-order valence-electron chi connectivity index (χ0n) is 15.1. The number of nitrogens with two attached hydrogens (primary N) is 1. The molecular formula is C20H22FN3O2. The van der Waals surface area contributed by atoms with Gasteiger partial charge in [0.2, 0.25) is 0 Å². The number of benzene rings is 1. The summed E-state index contributed by atoms with van der Waals surface area (Å²) in [5.74, 6) is -1.03. The van der Waals surface area contributed by atoms with Gasteiger partial charge in [0.15, 0.2) is 0 Å². The number of hydrogen-bond acceptors (Lipinski definition) is 5. The molecule has 0 aliphatic carbocycles. The first-order valence-electron chi connectivity index (χ1n) is 8.43. The maximum atomic E-state index is 14.5. The Morgan fingerprint density at radius 3 is 2.65 bits per heavy atom. The van der Waals surface area contributed by atoms with E-state index in [0.29, 0.717) is 16.9 Å². The number of nitrogen functional groups attached to an aromatic ring is 1. The molecule has 1 aliphatic rings. The molecular weight excluding hydrogens is 333 g/mol. The number of esters is 1. The smallest absolute Gasteiger partial charge is 0.341 e. The number of rotatable bonds is 3. The Balaban J connectivity index is 1.94. The molecule has 0 radical (unpaired) electrons. The van der Waals surface area contributed by atoms with Crippen molar-refractivity contribution in [3.8, 4) is 11.1 Å². The van der Waals surface area contributed by atoms with E-state index in [9.17, 15) is 9.18 Å².